The molecule has 10 nitrogen and oxygen atoms in total. The summed E-state index contributed by atoms with van der Waals surface area (Å²) in [4.78, 5) is 20.5. The standard InChI is InChI=1S/C23H25N5O5S/c1-30-16-4-2-3-13(7-16)19-9-20(27-33-19)28-15-8-17-21(18(28)12-32-11-15)34-23(25-17)26-22(29)24-14-5-6-31-10-14/h2-4,7,9,14-15,18H,5-6,8,10-12H2,1H3,(H2,24,25,26,29)/t14-,15+,18+/m1/s1. The second-order valence-electron chi connectivity index (χ2n) is 8.59. The third kappa shape index (κ3) is 3.99. The van der Waals surface area contributed by atoms with Crippen LogP contribution in [-0.2, 0) is 15.9 Å². The quantitative estimate of drug-likeness (QED) is 0.569. The van der Waals surface area contributed by atoms with Crippen LogP contribution in [0.4, 0.5) is 15.7 Å². The average molecular weight is 484 g/mol. The van der Waals surface area contributed by atoms with Crippen LogP contribution in [0.25, 0.3) is 11.3 Å². The molecule has 0 aliphatic carbocycles. The van der Waals surface area contributed by atoms with Crippen LogP contribution in [0.1, 0.15) is 23.0 Å². The number of rotatable bonds is 5. The number of anilines is 2. The van der Waals surface area contributed by atoms with Crippen molar-refractivity contribution in [2.45, 2.75) is 31.0 Å². The molecule has 6 rings (SSSR count). The Morgan fingerprint density at radius 2 is 2.18 bits per heavy atom. The monoisotopic (exact) mass is 483 g/mol. The maximum Gasteiger partial charge on any atom is 0.321 e. The van der Waals surface area contributed by atoms with Crippen LogP contribution in [0.5, 0.6) is 5.75 Å². The number of nitrogens with zero attached hydrogens (tertiary/aromatic N) is 3. The maximum atomic E-state index is 12.4. The number of urea groups is 1. The third-order valence-corrected chi connectivity index (χ3v) is 7.49. The zero-order chi connectivity index (χ0) is 23.1. The number of aromatic nitrogens is 2. The van der Waals surface area contributed by atoms with E-state index in [0.717, 1.165) is 34.1 Å². The van der Waals surface area contributed by atoms with Gasteiger partial charge in [-0.25, -0.2) is 9.78 Å². The van der Waals surface area contributed by atoms with Gasteiger partial charge in [0.1, 0.15) is 5.75 Å². The van der Waals surface area contributed by atoms with Gasteiger partial charge in [-0.3, -0.25) is 5.32 Å². The van der Waals surface area contributed by atoms with Gasteiger partial charge < -0.3 is 29.0 Å². The molecule has 3 aromatic rings. The lowest BCUT2D eigenvalue weighted by atomic mass is 9.96. The first-order valence-electron chi connectivity index (χ1n) is 11.3. The Balaban J connectivity index is 1.23. The highest BCUT2D eigenvalue weighted by Crippen LogP contribution is 2.43. The van der Waals surface area contributed by atoms with Crippen LogP contribution < -0.4 is 20.3 Å². The molecule has 2 aromatic heterocycles. The Kier molecular flexibility index (Phi) is 5.60. The Labute approximate surface area is 200 Å². The van der Waals surface area contributed by atoms with Crippen molar-refractivity contribution in [3.63, 3.8) is 0 Å². The summed E-state index contributed by atoms with van der Waals surface area (Å²) in [7, 11) is 1.64. The summed E-state index contributed by atoms with van der Waals surface area (Å²) in [5, 5.41) is 10.8. The van der Waals surface area contributed by atoms with Gasteiger partial charge in [-0.15, -0.1) is 0 Å². The van der Waals surface area contributed by atoms with Crippen molar-refractivity contribution in [2.75, 3.05) is 43.8 Å². The van der Waals surface area contributed by atoms with Crippen molar-refractivity contribution < 1.29 is 23.5 Å². The molecule has 2 N–H and O–H groups in total. The molecule has 34 heavy (non-hydrogen) atoms. The third-order valence-electron chi connectivity index (χ3n) is 6.38. The first-order valence-corrected chi connectivity index (χ1v) is 12.1. The zero-order valence-corrected chi connectivity index (χ0v) is 19.5. The number of carbonyl (C=O) groups excluding carboxylic acids is 1. The van der Waals surface area contributed by atoms with Crippen molar-refractivity contribution in [1.82, 2.24) is 15.5 Å². The predicted molar refractivity (Wildman–Crippen MR) is 126 cm³/mol. The van der Waals surface area contributed by atoms with E-state index in [-0.39, 0.29) is 24.2 Å². The molecule has 2 bridgehead atoms. The van der Waals surface area contributed by atoms with E-state index < -0.39 is 0 Å². The largest absolute Gasteiger partial charge is 0.497 e. The molecule has 11 heteroatoms. The van der Waals surface area contributed by atoms with Crippen LogP contribution in [-0.4, -0.2) is 61.8 Å². The Hall–Kier alpha value is -3.15. The highest BCUT2D eigenvalue weighted by atomic mass is 32.1. The summed E-state index contributed by atoms with van der Waals surface area (Å²) in [5.74, 6) is 2.21. The molecular formula is C23H25N5O5S. The molecule has 3 aliphatic rings. The van der Waals surface area contributed by atoms with E-state index in [2.05, 4.69) is 20.7 Å². The average Bonchev–Trinajstić information content (AvgIpc) is 3.60. The predicted octanol–water partition coefficient (Wildman–Crippen LogP) is 3.22. The van der Waals surface area contributed by atoms with Gasteiger partial charge >= 0.3 is 6.03 Å². The van der Waals surface area contributed by atoms with Crippen LogP contribution >= 0.6 is 11.3 Å². The molecule has 1 aromatic carbocycles. The Bertz CT molecular complexity index is 1190. The highest BCUT2D eigenvalue weighted by molar-refractivity contribution is 7.16. The number of thiazole rings is 1. The van der Waals surface area contributed by atoms with Crippen molar-refractivity contribution in [2.24, 2.45) is 0 Å². The number of amides is 2. The molecule has 2 fully saturated rings. The first kappa shape index (κ1) is 21.4. The van der Waals surface area contributed by atoms with Gasteiger partial charge in [0.25, 0.3) is 0 Å². The summed E-state index contributed by atoms with van der Waals surface area (Å²) in [6.45, 7) is 2.34. The molecule has 3 aliphatic heterocycles. The minimum absolute atomic E-state index is 0.0369. The number of fused-ring (bicyclic) bond motifs is 4. The summed E-state index contributed by atoms with van der Waals surface area (Å²) >= 11 is 1.49. The van der Waals surface area contributed by atoms with Crippen LogP contribution in [0, 0.1) is 0 Å². The number of hydrogen-bond acceptors (Lipinski definition) is 9. The van der Waals surface area contributed by atoms with Gasteiger partial charge in [0.15, 0.2) is 16.7 Å². The van der Waals surface area contributed by atoms with Crippen LogP contribution in [0.3, 0.4) is 0 Å². The SMILES string of the molecule is COc1cccc(-c2cc(N3[C@@H]4COC[C@H]3c3sc(NC(=O)N[C@@H]5CCOC5)nc3C4)no2)c1. The Morgan fingerprint density at radius 1 is 1.24 bits per heavy atom. The number of carbonyl (C=O) groups is 1. The molecular weight excluding hydrogens is 458 g/mol. The number of benzene rings is 1. The van der Waals surface area contributed by atoms with E-state index >= 15 is 0 Å². The van der Waals surface area contributed by atoms with Gasteiger partial charge in [0.2, 0.25) is 0 Å². The zero-order valence-electron chi connectivity index (χ0n) is 18.7. The topological polar surface area (TPSA) is 111 Å². The number of morpholine rings is 1. The van der Waals surface area contributed by atoms with Crippen molar-refractivity contribution >= 4 is 28.3 Å². The molecule has 0 unspecified atom stereocenters. The fourth-order valence-electron chi connectivity index (χ4n) is 4.75. The Morgan fingerprint density at radius 3 is 3.03 bits per heavy atom. The molecule has 5 heterocycles. The number of ether oxygens (including phenoxy) is 3. The molecule has 2 saturated heterocycles. The smallest absolute Gasteiger partial charge is 0.321 e. The van der Waals surface area contributed by atoms with E-state index in [1.54, 1.807) is 7.11 Å². The van der Waals surface area contributed by atoms with Gasteiger partial charge in [-0.1, -0.05) is 28.6 Å². The van der Waals surface area contributed by atoms with Gasteiger partial charge in [0, 0.05) is 24.7 Å². The van der Waals surface area contributed by atoms with E-state index in [1.807, 2.05) is 30.3 Å². The summed E-state index contributed by atoms with van der Waals surface area (Å²) in [6.07, 6.45) is 1.54. The van der Waals surface area contributed by atoms with Gasteiger partial charge in [0.05, 0.1) is 55.6 Å². The normalized spacial score (nSPS) is 23.4. The number of hydrogen-bond donors (Lipinski definition) is 2. The summed E-state index contributed by atoms with van der Waals surface area (Å²) < 4.78 is 22.2. The lowest BCUT2D eigenvalue weighted by Crippen LogP contribution is -2.51. The fourth-order valence-corrected chi connectivity index (χ4v) is 5.82. The van der Waals surface area contributed by atoms with Crippen molar-refractivity contribution in [3.8, 4) is 17.1 Å². The fraction of sp³-hybridized carbons (Fsp3) is 0.435. The molecule has 0 radical (unpaired) electrons. The minimum Gasteiger partial charge on any atom is -0.497 e. The lowest BCUT2D eigenvalue weighted by molar-refractivity contribution is 0.0601. The number of methoxy groups -OCH3 is 1. The first-order chi connectivity index (χ1) is 16.7. The van der Waals surface area contributed by atoms with E-state index in [1.165, 1.54) is 11.3 Å². The van der Waals surface area contributed by atoms with Crippen LogP contribution in [0.15, 0.2) is 34.9 Å². The minimum atomic E-state index is -0.253. The second-order valence-corrected chi connectivity index (χ2v) is 9.62. The van der Waals surface area contributed by atoms with E-state index in [4.69, 9.17) is 23.7 Å². The maximum absolute atomic E-state index is 12.4. The van der Waals surface area contributed by atoms with Gasteiger partial charge in [-0.05, 0) is 18.6 Å². The summed E-state index contributed by atoms with van der Waals surface area (Å²) in [5.41, 5.74) is 1.91. The second kappa shape index (κ2) is 8.90. The summed E-state index contributed by atoms with van der Waals surface area (Å²) in [6, 6.07) is 9.52. The molecule has 178 valence electrons. The van der Waals surface area contributed by atoms with Crippen LogP contribution in [0.2, 0.25) is 0 Å². The van der Waals surface area contributed by atoms with Gasteiger partial charge in [-0.2, -0.15) is 0 Å². The number of nitrogens with one attached hydrogen (secondary N) is 2. The van der Waals surface area contributed by atoms with E-state index in [9.17, 15) is 4.79 Å². The molecule has 0 spiro atoms. The van der Waals surface area contributed by atoms with E-state index in [0.29, 0.717) is 43.7 Å². The van der Waals surface area contributed by atoms with Crippen molar-refractivity contribution in [1.29, 1.82) is 0 Å². The highest BCUT2D eigenvalue weighted by Gasteiger charge is 2.42. The molecule has 2 amide bonds. The molecule has 0 saturated carbocycles. The lowest BCUT2D eigenvalue weighted by Gasteiger charge is -2.44. The molecule has 3 atom stereocenters. The van der Waals surface area contributed by atoms with Crippen molar-refractivity contribution in [3.05, 3.63) is 40.9 Å².